The Labute approximate surface area is 201 Å². The molecule has 8 heteroatoms. The first-order valence-corrected chi connectivity index (χ1v) is 12.2. The van der Waals surface area contributed by atoms with Gasteiger partial charge in [-0.2, -0.15) is 0 Å². The third-order valence-corrected chi connectivity index (χ3v) is 7.32. The molecule has 5 rings (SSSR count). The summed E-state index contributed by atoms with van der Waals surface area (Å²) in [5.41, 5.74) is 2.02. The molecule has 3 saturated heterocycles. The summed E-state index contributed by atoms with van der Waals surface area (Å²) in [4.78, 5) is 25.5. The van der Waals surface area contributed by atoms with Crippen molar-refractivity contribution in [2.24, 2.45) is 5.92 Å². The maximum absolute atomic E-state index is 12.5. The Morgan fingerprint density at radius 3 is 2.41 bits per heavy atom. The van der Waals surface area contributed by atoms with Gasteiger partial charge in [0.2, 0.25) is 5.88 Å². The molecular weight excluding hydrogens is 432 g/mol. The van der Waals surface area contributed by atoms with Gasteiger partial charge >= 0.3 is 6.09 Å². The number of carbonyl (C=O) groups is 1. The largest absolute Gasteiger partial charge is 0.476 e. The van der Waals surface area contributed by atoms with E-state index in [9.17, 15) is 9.90 Å². The third kappa shape index (κ3) is 5.33. The minimum atomic E-state index is -0.841. The molecule has 0 saturated carbocycles. The fourth-order valence-corrected chi connectivity index (χ4v) is 5.36. The Kier molecular flexibility index (Phi) is 7.68. The van der Waals surface area contributed by atoms with Gasteiger partial charge in [0.05, 0.1) is 30.2 Å². The lowest BCUT2D eigenvalue weighted by Gasteiger charge is -2.45. The smallest absolute Gasteiger partial charge is 0.408 e. The van der Waals surface area contributed by atoms with Crippen molar-refractivity contribution in [1.82, 2.24) is 19.8 Å². The van der Waals surface area contributed by atoms with Gasteiger partial charge in [0.25, 0.3) is 0 Å². The van der Waals surface area contributed by atoms with Crippen molar-refractivity contribution in [2.45, 2.75) is 51.1 Å². The molecule has 184 valence electrons. The van der Waals surface area contributed by atoms with Crippen LogP contribution in [0, 0.1) is 5.92 Å². The number of benzene rings is 1. The fourth-order valence-electron chi connectivity index (χ4n) is 5.36. The van der Waals surface area contributed by atoms with Crippen LogP contribution in [0.3, 0.4) is 0 Å². The summed E-state index contributed by atoms with van der Waals surface area (Å²) >= 11 is 0. The van der Waals surface area contributed by atoms with Crippen molar-refractivity contribution >= 4 is 6.09 Å². The van der Waals surface area contributed by atoms with Crippen LogP contribution in [-0.4, -0.2) is 77.0 Å². The lowest BCUT2D eigenvalue weighted by Crippen LogP contribution is -2.53. The van der Waals surface area contributed by atoms with E-state index >= 15 is 0 Å². The third-order valence-electron chi connectivity index (χ3n) is 7.32. The van der Waals surface area contributed by atoms with Gasteiger partial charge in [0.1, 0.15) is 0 Å². The van der Waals surface area contributed by atoms with Crippen molar-refractivity contribution in [1.29, 1.82) is 0 Å². The Bertz CT molecular complexity index is 940. The molecule has 4 heterocycles. The van der Waals surface area contributed by atoms with Gasteiger partial charge in [-0.1, -0.05) is 24.3 Å². The number of rotatable bonds is 9. The highest BCUT2D eigenvalue weighted by atomic mass is 16.5. The van der Waals surface area contributed by atoms with Crippen LogP contribution < -0.4 is 4.74 Å². The number of piperidine rings is 1. The van der Waals surface area contributed by atoms with Crippen LogP contribution in [0.1, 0.15) is 45.1 Å². The molecule has 34 heavy (non-hydrogen) atoms. The summed E-state index contributed by atoms with van der Waals surface area (Å²) < 4.78 is 10.6. The standard InChI is InChI=1S/C26H36N4O4/c1-26(2,30(25(31)32)23-11-14-29-12-9-20(23)10-13-29)21-7-5-19(6-8-21)22-17-28-24(18-27-22)34-16-4-15-33-3/h5-8,17-18,20,23H,4,9-16H2,1-3H3,(H,31,32). The van der Waals surface area contributed by atoms with E-state index < -0.39 is 11.6 Å². The molecule has 1 amide bonds. The van der Waals surface area contributed by atoms with Gasteiger partial charge in [0, 0.05) is 38.3 Å². The molecule has 3 aliphatic heterocycles. The first-order valence-electron chi connectivity index (χ1n) is 12.2. The number of hydrogen-bond acceptors (Lipinski definition) is 6. The molecule has 3 aliphatic rings. The summed E-state index contributed by atoms with van der Waals surface area (Å²) in [6.45, 7) is 8.36. The molecule has 0 aliphatic carbocycles. The number of methoxy groups -OCH3 is 1. The van der Waals surface area contributed by atoms with Gasteiger partial charge in [0.15, 0.2) is 0 Å². The van der Waals surface area contributed by atoms with Gasteiger partial charge in [-0.15, -0.1) is 0 Å². The van der Waals surface area contributed by atoms with E-state index in [1.165, 1.54) is 0 Å². The minimum absolute atomic E-state index is 0.0435. The zero-order chi connectivity index (χ0) is 24.1. The lowest BCUT2D eigenvalue weighted by molar-refractivity contribution is 0.0355. The number of nitrogens with zero attached hydrogens (tertiary/aromatic N) is 4. The van der Waals surface area contributed by atoms with E-state index in [1.54, 1.807) is 24.4 Å². The molecule has 3 fully saturated rings. The predicted octanol–water partition coefficient (Wildman–Crippen LogP) is 4.26. The van der Waals surface area contributed by atoms with E-state index in [4.69, 9.17) is 9.47 Å². The topological polar surface area (TPSA) is 88.0 Å². The number of aromatic nitrogens is 2. The SMILES string of the molecule is COCCCOc1cnc(-c2ccc(C(C)(C)N(C(=O)O)C3CCN4CCC3CC4)cc2)cn1. The highest BCUT2D eigenvalue weighted by Gasteiger charge is 2.43. The molecule has 2 aromatic rings. The maximum Gasteiger partial charge on any atom is 0.408 e. The van der Waals surface area contributed by atoms with Crippen LogP contribution in [0.4, 0.5) is 4.79 Å². The van der Waals surface area contributed by atoms with Crippen molar-refractivity contribution in [3.05, 3.63) is 42.2 Å². The Balaban J connectivity index is 1.48. The van der Waals surface area contributed by atoms with E-state index in [0.29, 0.717) is 25.0 Å². The second kappa shape index (κ2) is 10.7. The van der Waals surface area contributed by atoms with Gasteiger partial charge in [-0.3, -0.25) is 4.90 Å². The molecule has 0 radical (unpaired) electrons. The van der Waals surface area contributed by atoms with Crippen molar-refractivity contribution in [3.8, 4) is 17.1 Å². The zero-order valence-electron chi connectivity index (χ0n) is 20.4. The van der Waals surface area contributed by atoms with Crippen molar-refractivity contribution < 1.29 is 19.4 Å². The molecule has 1 N–H and O–H groups in total. The summed E-state index contributed by atoms with van der Waals surface area (Å²) in [5, 5.41) is 10.3. The molecule has 1 aromatic carbocycles. The molecular formula is C26H36N4O4. The molecule has 2 bridgehead atoms. The van der Waals surface area contributed by atoms with Crippen molar-refractivity contribution in [3.63, 3.8) is 0 Å². The van der Waals surface area contributed by atoms with Crippen LogP contribution in [0.15, 0.2) is 36.7 Å². The Morgan fingerprint density at radius 2 is 1.79 bits per heavy atom. The monoisotopic (exact) mass is 468 g/mol. The minimum Gasteiger partial charge on any atom is -0.476 e. The van der Waals surface area contributed by atoms with Crippen LogP contribution >= 0.6 is 0 Å². The second-order valence-electron chi connectivity index (χ2n) is 9.76. The number of fused-ring (bicyclic) bond motifs is 4. The van der Waals surface area contributed by atoms with E-state index in [2.05, 4.69) is 14.9 Å². The van der Waals surface area contributed by atoms with Crippen LogP contribution in [-0.2, 0) is 10.3 Å². The van der Waals surface area contributed by atoms with Gasteiger partial charge in [-0.25, -0.2) is 14.8 Å². The molecule has 1 unspecified atom stereocenters. The van der Waals surface area contributed by atoms with E-state index in [-0.39, 0.29) is 6.04 Å². The van der Waals surface area contributed by atoms with Gasteiger partial charge in [-0.05, 0) is 57.7 Å². The Morgan fingerprint density at radius 1 is 1.09 bits per heavy atom. The highest BCUT2D eigenvalue weighted by Crippen LogP contribution is 2.38. The number of hydrogen-bond donors (Lipinski definition) is 1. The summed E-state index contributed by atoms with van der Waals surface area (Å²) in [6, 6.07) is 8.05. The zero-order valence-corrected chi connectivity index (χ0v) is 20.4. The fraction of sp³-hybridized carbons (Fsp3) is 0.577. The molecule has 1 atom stereocenters. The highest BCUT2D eigenvalue weighted by molar-refractivity contribution is 5.67. The average Bonchev–Trinajstić information content (AvgIpc) is 3.16. The first kappa shape index (κ1) is 24.4. The quantitative estimate of drug-likeness (QED) is 0.550. The van der Waals surface area contributed by atoms with E-state index in [0.717, 1.165) is 62.1 Å². The van der Waals surface area contributed by atoms with Crippen LogP contribution in [0.25, 0.3) is 11.3 Å². The molecule has 1 aromatic heterocycles. The van der Waals surface area contributed by atoms with Crippen molar-refractivity contribution in [2.75, 3.05) is 40.0 Å². The summed E-state index contributed by atoms with van der Waals surface area (Å²) in [5.74, 6) is 0.919. The van der Waals surface area contributed by atoms with Crippen LogP contribution in [0.2, 0.25) is 0 Å². The number of ether oxygens (including phenoxy) is 2. The number of carboxylic acid groups (broad SMARTS) is 1. The molecule has 0 spiro atoms. The second-order valence-corrected chi connectivity index (χ2v) is 9.76. The van der Waals surface area contributed by atoms with E-state index in [1.807, 2.05) is 38.1 Å². The summed E-state index contributed by atoms with van der Waals surface area (Å²) in [7, 11) is 1.67. The Hall–Kier alpha value is -2.71. The lowest BCUT2D eigenvalue weighted by atomic mass is 9.84. The number of amides is 1. The predicted molar refractivity (Wildman–Crippen MR) is 130 cm³/mol. The van der Waals surface area contributed by atoms with Crippen LogP contribution in [0.5, 0.6) is 5.88 Å². The normalized spacial score (nSPS) is 22.3. The molecule has 8 nitrogen and oxygen atoms in total. The van der Waals surface area contributed by atoms with Gasteiger partial charge < -0.3 is 19.5 Å². The summed E-state index contributed by atoms with van der Waals surface area (Å²) in [6.07, 6.45) is 6.34. The average molecular weight is 469 g/mol. The first-order chi connectivity index (χ1) is 16.4. The maximum atomic E-state index is 12.5.